The molecule has 1 N–H and O–H groups in total. The molecule has 2 aromatic rings. The van der Waals surface area contributed by atoms with E-state index in [0.717, 1.165) is 23.1 Å². The Labute approximate surface area is 207 Å². The fourth-order valence-corrected chi connectivity index (χ4v) is 3.56. The number of nitriles is 1. The number of nitrogens with zero attached hydrogens (tertiary/aromatic N) is 5. The van der Waals surface area contributed by atoms with Crippen molar-refractivity contribution in [2.45, 2.75) is 26.7 Å². The number of carbonyl (C=O) groups excluding carboxylic acids is 1. The van der Waals surface area contributed by atoms with Gasteiger partial charge in [-0.15, -0.1) is 12.8 Å². The van der Waals surface area contributed by atoms with Crippen LogP contribution in [0.25, 0.3) is 10.9 Å². The number of terminal acetylenes is 1. The molecule has 9 nitrogen and oxygen atoms in total. The number of allylic oxidation sites excluding steroid dienone is 3. The van der Waals surface area contributed by atoms with Crippen LogP contribution >= 0.6 is 0 Å². The summed E-state index contributed by atoms with van der Waals surface area (Å²) < 4.78 is 11.3. The molecule has 2 amide bonds. The fourth-order valence-electron chi connectivity index (χ4n) is 3.56. The Bertz CT molecular complexity index is 1110. The first kappa shape index (κ1) is 27.0. The van der Waals surface area contributed by atoms with Crippen molar-refractivity contribution in [1.29, 1.82) is 5.26 Å². The summed E-state index contributed by atoms with van der Waals surface area (Å²) in [6.07, 6.45) is 16.0. The van der Waals surface area contributed by atoms with E-state index >= 15 is 0 Å². The summed E-state index contributed by atoms with van der Waals surface area (Å²) in [5.41, 5.74) is 1.46. The van der Waals surface area contributed by atoms with E-state index in [1.54, 1.807) is 36.6 Å². The van der Waals surface area contributed by atoms with Crippen LogP contribution in [0.4, 0.5) is 10.6 Å². The molecule has 1 saturated heterocycles. The van der Waals surface area contributed by atoms with Gasteiger partial charge in [-0.25, -0.2) is 14.8 Å². The maximum absolute atomic E-state index is 12.7. The van der Waals surface area contributed by atoms with E-state index in [1.165, 1.54) is 0 Å². The van der Waals surface area contributed by atoms with E-state index in [-0.39, 0.29) is 6.03 Å². The lowest BCUT2D eigenvalue weighted by Crippen LogP contribution is -2.51. The number of hydrogen-bond donors (Lipinski definition) is 1. The fraction of sp³-hybridized carbons (Fsp3) is 0.385. The smallest absolute Gasteiger partial charge is 0.321 e. The minimum absolute atomic E-state index is 0.156. The molecule has 0 unspecified atom stereocenters. The van der Waals surface area contributed by atoms with Crippen LogP contribution in [0, 0.1) is 24.2 Å². The van der Waals surface area contributed by atoms with Gasteiger partial charge in [-0.3, -0.25) is 0 Å². The molecule has 1 aliphatic heterocycles. The molecule has 3 rings (SSSR count). The summed E-state index contributed by atoms with van der Waals surface area (Å²) in [6, 6.07) is 5.70. The molecule has 0 bridgehead atoms. The van der Waals surface area contributed by atoms with E-state index in [4.69, 9.17) is 14.7 Å². The van der Waals surface area contributed by atoms with Gasteiger partial charge in [0.15, 0.2) is 11.5 Å². The van der Waals surface area contributed by atoms with Gasteiger partial charge >= 0.3 is 6.03 Å². The highest BCUT2D eigenvalue weighted by Crippen LogP contribution is 2.35. The van der Waals surface area contributed by atoms with Gasteiger partial charge in [-0.05, 0) is 25.5 Å². The highest BCUT2D eigenvalue weighted by atomic mass is 16.5. The highest BCUT2D eigenvalue weighted by molar-refractivity contribution is 5.92. The SMILES string of the molecule is C#C.C/C=C(\C=C/CC#N)NC(=O)N1CCN(c2ncnc3cc(OCCC)c(OC)cc23)CC1. The zero-order chi connectivity index (χ0) is 25.6. The van der Waals surface area contributed by atoms with Crippen molar-refractivity contribution in [3.63, 3.8) is 0 Å². The monoisotopic (exact) mass is 476 g/mol. The van der Waals surface area contributed by atoms with Crippen molar-refractivity contribution in [3.8, 4) is 30.4 Å². The predicted octanol–water partition coefficient (Wildman–Crippen LogP) is 3.88. The first-order chi connectivity index (χ1) is 17.1. The Hall–Kier alpha value is -4.24. The van der Waals surface area contributed by atoms with Gasteiger partial charge in [0, 0.05) is 43.3 Å². The Morgan fingerprint density at radius 3 is 2.60 bits per heavy atom. The third-order valence-corrected chi connectivity index (χ3v) is 5.30. The topological polar surface area (TPSA) is 104 Å². The molecule has 1 aromatic heterocycles. The largest absolute Gasteiger partial charge is 0.493 e. The molecule has 0 radical (unpaired) electrons. The van der Waals surface area contributed by atoms with Crippen LogP contribution in [0.15, 0.2) is 42.4 Å². The molecular formula is C26H32N6O3. The molecule has 184 valence electrons. The second-order valence-corrected chi connectivity index (χ2v) is 7.48. The van der Waals surface area contributed by atoms with Crippen LogP contribution in [-0.4, -0.2) is 60.8 Å². The molecule has 1 fully saturated rings. The number of methoxy groups -OCH3 is 1. The van der Waals surface area contributed by atoms with Crippen LogP contribution < -0.4 is 19.7 Å². The molecule has 1 aromatic carbocycles. The van der Waals surface area contributed by atoms with Crippen molar-refractivity contribution in [2.24, 2.45) is 0 Å². The number of amides is 2. The number of urea groups is 1. The number of piperazine rings is 1. The summed E-state index contributed by atoms with van der Waals surface area (Å²) in [7, 11) is 1.62. The van der Waals surface area contributed by atoms with Crippen molar-refractivity contribution >= 4 is 22.8 Å². The average Bonchev–Trinajstić information content (AvgIpc) is 2.91. The van der Waals surface area contributed by atoms with Crippen LogP contribution in [0.5, 0.6) is 11.5 Å². The number of ether oxygens (including phenoxy) is 2. The minimum Gasteiger partial charge on any atom is -0.493 e. The Morgan fingerprint density at radius 1 is 1.23 bits per heavy atom. The molecular weight excluding hydrogens is 444 g/mol. The molecule has 0 saturated carbocycles. The normalized spacial score (nSPS) is 13.7. The summed E-state index contributed by atoms with van der Waals surface area (Å²) in [5.74, 6) is 2.13. The van der Waals surface area contributed by atoms with Gasteiger partial charge in [0.2, 0.25) is 0 Å². The van der Waals surface area contributed by atoms with Gasteiger partial charge in [0.25, 0.3) is 0 Å². The number of nitrogens with one attached hydrogen (secondary N) is 1. The molecule has 9 heteroatoms. The van der Waals surface area contributed by atoms with Crippen LogP contribution in [0.3, 0.4) is 0 Å². The Balaban J connectivity index is 0.00000210. The second kappa shape index (κ2) is 14.1. The maximum atomic E-state index is 12.7. The lowest BCUT2D eigenvalue weighted by atomic mass is 10.2. The lowest BCUT2D eigenvalue weighted by molar-refractivity contribution is 0.197. The standard InChI is InChI=1S/C24H30N6O3.C2H2/c1-4-14-33-22-16-20-19(15-21(22)32-3)23(27-17-26-20)29-10-12-30(13-11-29)24(31)28-18(5-2)8-6-7-9-25;1-2/h5-6,8,15-17H,4,7,10-14H2,1-3H3,(H,28,31);1-2H/b8-6-,18-5+;. The molecule has 1 aliphatic rings. The van der Waals surface area contributed by atoms with E-state index in [9.17, 15) is 4.79 Å². The first-order valence-electron chi connectivity index (χ1n) is 11.4. The number of aromatic nitrogens is 2. The van der Waals surface area contributed by atoms with Crippen LogP contribution in [-0.2, 0) is 0 Å². The minimum atomic E-state index is -0.156. The second-order valence-electron chi connectivity index (χ2n) is 7.48. The third-order valence-electron chi connectivity index (χ3n) is 5.30. The number of anilines is 1. The highest BCUT2D eigenvalue weighted by Gasteiger charge is 2.24. The van der Waals surface area contributed by atoms with E-state index < -0.39 is 0 Å². The number of rotatable bonds is 8. The van der Waals surface area contributed by atoms with Gasteiger partial charge in [-0.2, -0.15) is 5.26 Å². The van der Waals surface area contributed by atoms with E-state index in [0.29, 0.717) is 56.4 Å². The Morgan fingerprint density at radius 2 is 1.97 bits per heavy atom. The Kier molecular flexibility index (Phi) is 10.9. The molecule has 2 heterocycles. The third kappa shape index (κ3) is 7.12. The van der Waals surface area contributed by atoms with E-state index in [2.05, 4.69) is 40.0 Å². The first-order valence-corrected chi connectivity index (χ1v) is 11.4. The number of benzene rings is 1. The zero-order valence-corrected chi connectivity index (χ0v) is 20.5. The quantitative estimate of drug-likeness (QED) is 0.455. The van der Waals surface area contributed by atoms with Crippen LogP contribution in [0.1, 0.15) is 26.7 Å². The predicted molar refractivity (Wildman–Crippen MR) is 137 cm³/mol. The number of carbonyl (C=O) groups is 1. The number of hydrogen-bond acceptors (Lipinski definition) is 7. The van der Waals surface area contributed by atoms with Crippen molar-refractivity contribution in [2.75, 3.05) is 44.8 Å². The lowest BCUT2D eigenvalue weighted by Gasteiger charge is -2.35. The molecule has 0 spiro atoms. The van der Waals surface area contributed by atoms with Gasteiger partial charge in [-0.1, -0.05) is 19.1 Å². The summed E-state index contributed by atoms with van der Waals surface area (Å²) >= 11 is 0. The van der Waals surface area contributed by atoms with Crippen LogP contribution in [0.2, 0.25) is 0 Å². The summed E-state index contributed by atoms with van der Waals surface area (Å²) in [4.78, 5) is 25.5. The summed E-state index contributed by atoms with van der Waals surface area (Å²) in [6.45, 7) is 6.91. The zero-order valence-electron chi connectivity index (χ0n) is 20.5. The number of fused-ring (bicyclic) bond motifs is 1. The van der Waals surface area contributed by atoms with Crippen molar-refractivity contribution in [3.05, 3.63) is 42.4 Å². The summed E-state index contributed by atoms with van der Waals surface area (Å²) in [5, 5.41) is 12.4. The van der Waals surface area contributed by atoms with Gasteiger partial charge < -0.3 is 24.6 Å². The van der Waals surface area contributed by atoms with Gasteiger partial charge in [0.1, 0.15) is 12.1 Å². The molecule has 35 heavy (non-hydrogen) atoms. The van der Waals surface area contributed by atoms with Crippen molar-refractivity contribution < 1.29 is 14.3 Å². The average molecular weight is 477 g/mol. The van der Waals surface area contributed by atoms with Crippen molar-refractivity contribution in [1.82, 2.24) is 20.2 Å². The molecule has 0 aliphatic carbocycles. The maximum Gasteiger partial charge on any atom is 0.321 e. The van der Waals surface area contributed by atoms with Gasteiger partial charge in [0.05, 0.1) is 31.7 Å². The molecule has 0 atom stereocenters. The van der Waals surface area contributed by atoms with E-state index in [1.807, 2.05) is 25.1 Å².